The van der Waals surface area contributed by atoms with Crippen LogP contribution in [0.2, 0.25) is 0 Å². The summed E-state index contributed by atoms with van der Waals surface area (Å²) in [7, 11) is 0. The van der Waals surface area contributed by atoms with Crippen LogP contribution in [0.15, 0.2) is 48.5 Å². The lowest BCUT2D eigenvalue weighted by Crippen LogP contribution is -2.35. The molecule has 0 aliphatic rings. The van der Waals surface area contributed by atoms with Gasteiger partial charge in [-0.25, -0.2) is 4.98 Å². The Kier molecular flexibility index (Phi) is 8.95. The van der Waals surface area contributed by atoms with Crippen LogP contribution in [-0.2, 0) is 11.2 Å². The third-order valence-electron chi connectivity index (χ3n) is 4.55. The number of hydrogen-bond acceptors (Lipinski definition) is 3. The highest BCUT2D eigenvalue weighted by molar-refractivity contribution is 5.85. The van der Waals surface area contributed by atoms with Gasteiger partial charge in [0, 0.05) is 19.0 Å². The van der Waals surface area contributed by atoms with E-state index in [4.69, 9.17) is 10.7 Å². The van der Waals surface area contributed by atoms with Crippen LogP contribution >= 0.6 is 24.8 Å². The molecule has 152 valence electrons. The minimum absolute atomic E-state index is 0. The van der Waals surface area contributed by atoms with Crippen molar-refractivity contribution in [1.29, 1.82) is 0 Å². The number of halogens is 2. The Bertz CT molecular complexity index is 906. The number of fused-ring (bicyclic) bond motifs is 1. The SMILES string of the molecule is Cc1ccc(C(N)C(=O)NCCc2nc3ccccc3n2C(C)C)cc1.Cl.Cl. The molecule has 0 fully saturated rings. The van der Waals surface area contributed by atoms with Crippen LogP contribution in [0.1, 0.15) is 42.9 Å². The number of nitrogens with two attached hydrogens (primary N) is 1. The number of aromatic nitrogens is 2. The van der Waals surface area contributed by atoms with Gasteiger partial charge in [0.05, 0.1) is 11.0 Å². The molecule has 1 aromatic heterocycles. The third kappa shape index (κ3) is 5.25. The van der Waals surface area contributed by atoms with Crippen LogP contribution < -0.4 is 11.1 Å². The predicted molar refractivity (Wildman–Crippen MR) is 119 cm³/mol. The second kappa shape index (κ2) is 10.5. The van der Waals surface area contributed by atoms with Crippen molar-refractivity contribution in [2.75, 3.05) is 6.54 Å². The van der Waals surface area contributed by atoms with E-state index >= 15 is 0 Å². The maximum Gasteiger partial charge on any atom is 0.241 e. The van der Waals surface area contributed by atoms with Gasteiger partial charge in [-0.3, -0.25) is 4.79 Å². The van der Waals surface area contributed by atoms with Gasteiger partial charge in [-0.05, 0) is 38.5 Å². The zero-order valence-corrected chi connectivity index (χ0v) is 18.0. The fourth-order valence-electron chi connectivity index (χ4n) is 3.18. The van der Waals surface area contributed by atoms with E-state index in [0.29, 0.717) is 19.0 Å². The molecule has 0 aliphatic carbocycles. The smallest absolute Gasteiger partial charge is 0.241 e. The lowest BCUT2D eigenvalue weighted by atomic mass is 10.1. The lowest BCUT2D eigenvalue weighted by molar-refractivity contribution is -0.122. The largest absolute Gasteiger partial charge is 0.354 e. The number of nitrogens with one attached hydrogen (secondary N) is 1. The standard InChI is InChI=1S/C21H26N4O.2ClH/c1-14(2)25-18-7-5-4-6-17(18)24-19(25)12-13-23-21(26)20(22)16-10-8-15(3)9-11-16;;/h4-11,14,20H,12-13,22H2,1-3H3,(H,23,26);2*1H. The third-order valence-corrected chi connectivity index (χ3v) is 4.55. The summed E-state index contributed by atoms with van der Waals surface area (Å²) >= 11 is 0. The fourth-order valence-corrected chi connectivity index (χ4v) is 3.18. The van der Waals surface area contributed by atoms with Crippen LogP contribution in [0.5, 0.6) is 0 Å². The number of amides is 1. The van der Waals surface area contributed by atoms with Gasteiger partial charge >= 0.3 is 0 Å². The second-order valence-corrected chi connectivity index (χ2v) is 6.91. The minimum Gasteiger partial charge on any atom is -0.354 e. The molecular formula is C21H28Cl2N4O. The molecule has 7 heteroatoms. The summed E-state index contributed by atoms with van der Waals surface area (Å²) in [6.45, 7) is 6.80. The summed E-state index contributed by atoms with van der Waals surface area (Å²) in [5.41, 5.74) is 10.2. The molecule has 0 spiro atoms. The van der Waals surface area contributed by atoms with E-state index < -0.39 is 6.04 Å². The lowest BCUT2D eigenvalue weighted by Gasteiger charge is -2.15. The van der Waals surface area contributed by atoms with E-state index in [2.05, 4.69) is 29.8 Å². The summed E-state index contributed by atoms with van der Waals surface area (Å²) in [5.74, 6) is 0.812. The van der Waals surface area contributed by atoms with Gasteiger partial charge in [-0.15, -0.1) is 24.8 Å². The molecule has 1 unspecified atom stereocenters. The molecule has 3 rings (SSSR count). The van der Waals surface area contributed by atoms with Gasteiger partial charge in [0.1, 0.15) is 11.9 Å². The molecule has 0 bridgehead atoms. The van der Waals surface area contributed by atoms with Gasteiger partial charge < -0.3 is 15.6 Å². The molecular weight excluding hydrogens is 395 g/mol. The number of para-hydroxylation sites is 2. The molecule has 3 aromatic rings. The number of carbonyl (C=O) groups is 1. The van der Waals surface area contributed by atoms with Crippen LogP contribution in [0.3, 0.4) is 0 Å². The first-order valence-electron chi connectivity index (χ1n) is 9.03. The van der Waals surface area contributed by atoms with E-state index in [1.807, 2.05) is 49.4 Å². The van der Waals surface area contributed by atoms with Crippen molar-refractivity contribution >= 4 is 41.8 Å². The van der Waals surface area contributed by atoms with Crippen molar-refractivity contribution in [2.24, 2.45) is 5.73 Å². The first-order valence-corrected chi connectivity index (χ1v) is 9.03. The van der Waals surface area contributed by atoms with Gasteiger partial charge in [0.15, 0.2) is 0 Å². The van der Waals surface area contributed by atoms with Crippen molar-refractivity contribution < 1.29 is 4.79 Å². The van der Waals surface area contributed by atoms with E-state index in [9.17, 15) is 4.79 Å². The van der Waals surface area contributed by atoms with Crippen LogP contribution in [0.4, 0.5) is 0 Å². The summed E-state index contributed by atoms with van der Waals surface area (Å²) in [5, 5.41) is 2.94. The topological polar surface area (TPSA) is 72.9 Å². The number of rotatable bonds is 6. The Balaban J connectivity index is 0.00000196. The Labute approximate surface area is 178 Å². The molecule has 2 aromatic carbocycles. The Hall–Kier alpha value is -2.08. The summed E-state index contributed by atoms with van der Waals surface area (Å²) < 4.78 is 2.22. The first-order chi connectivity index (χ1) is 12.5. The Morgan fingerprint density at radius 1 is 1.11 bits per heavy atom. The highest BCUT2D eigenvalue weighted by Crippen LogP contribution is 2.21. The molecule has 3 N–H and O–H groups in total. The summed E-state index contributed by atoms with van der Waals surface area (Å²) in [6.07, 6.45) is 0.666. The van der Waals surface area contributed by atoms with E-state index in [1.165, 1.54) is 0 Å². The number of hydrogen-bond donors (Lipinski definition) is 2. The Morgan fingerprint density at radius 2 is 1.75 bits per heavy atom. The second-order valence-electron chi connectivity index (χ2n) is 6.91. The molecule has 0 saturated heterocycles. The fraction of sp³-hybridized carbons (Fsp3) is 0.333. The highest BCUT2D eigenvalue weighted by atomic mass is 35.5. The molecule has 5 nitrogen and oxygen atoms in total. The number of nitrogens with zero attached hydrogens (tertiary/aromatic N) is 2. The monoisotopic (exact) mass is 422 g/mol. The highest BCUT2D eigenvalue weighted by Gasteiger charge is 2.16. The number of benzene rings is 2. The minimum atomic E-state index is -0.653. The van der Waals surface area contributed by atoms with E-state index in [1.54, 1.807) is 0 Å². The zero-order valence-electron chi connectivity index (χ0n) is 16.4. The van der Waals surface area contributed by atoms with E-state index in [-0.39, 0.29) is 30.7 Å². The Morgan fingerprint density at radius 3 is 2.39 bits per heavy atom. The van der Waals surface area contributed by atoms with Crippen molar-refractivity contribution in [1.82, 2.24) is 14.9 Å². The quantitative estimate of drug-likeness (QED) is 0.626. The normalized spacial score (nSPS) is 11.6. The van der Waals surface area contributed by atoms with E-state index in [0.717, 1.165) is 28.0 Å². The van der Waals surface area contributed by atoms with Crippen molar-refractivity contribution in [3.8, 4) is 0 Å². The van der Waals surface area contributed by atoms with Crippen LogP contribution in [0, 0.1) is 6.92 Å². The predicted octanol–water partition coefficient (Wildman–Crippen LogP) is 4.13. The van der Waals surface area contributed by atoms with Gasteiger partial charge in [0.2, 0.25) is 5.91 Å². The molecule has 0 radical (unpaired) electrons. The van der Waals surface area contributed by atoms with Gasteiger partial charge in [-0.1, -0.05) is 42.0 Å². The molecule has 1 amide bonds. The van der Waals surface area contributed by atoms with Crippen LogP contribution in [0.25, 0.3) is 11.0 Å². The van der Waals surface area contributed by atoms with Crippen molar-refractivity contribution in [2.45, 2.75) is 39.3 Å². The van der Waals surface area contributed by atoms with Crippen molar-refractivity contribution in [3.63, 3.8) is 0 Å². The van der Waals surface area contributed by atoms with Gasteiger partial charge in [0.25, 0.3) is 0 Å². The maximum absolute atomic E-state index is 12.3. The molecule has 1 heterocycles. The molecule has 0 saturated carbocycles. The number of aryl methyl sites for hydroxylation is 1. The van der Waals surface area contributed by atoms with Gasteiger partial charge in [-0.2, -0.15) is 0 Å². The molecule has 28 heavy (non-hydrogen) atoms. The summed E-state index contributed by atoms with van der Waals surface area (Å²) in [6, 6.07) is 15.5. The average Bonchev–Trinajstić information content (AvgIpc) is 3.00. The molecule has 1 atom stereocenters. The zero-order chi connectivity index (χ0) is 18.7. The van der Waals surface area contributed by atoms with Crippen LogP contribution in [-0.4, -0.2) is 22.0 Å². The maximum atomic E-state index is 12.3. The summed E-state index contributed by atoms with van der Waals surface area (Å²) in [4.78, 5) is 17.1. The average molecular weight is 423 g/mol. The number of imidazole rings is 1. The first kappa shape index (κ1) is 24.0. The van der Waals surface area contributed by atoms with Crippen molar-refractivity contribution in [3.05, 3.63) is 65.5 Å². The molecule has 0 aliphatic heterocycles. The number of carbonyl (C=O) groups excluding carboxylic acids is 1.